The minimum absolute atomic E-state index is 0.378. The van der Waals surface area contributed by atoms with Crippen molar-refractivity contribution in [2.24, 2.45) is 0 Å². The van der Waals surface area contributed by atoms with E-state index in [4.69, 9.17) is 4.74 Å². The van der Waals surface area contributed by atoms with Gasteiger partial charge >= 0.3 is 5.97 Å². The fourth-order valence-corrected chi connectivity index (χ4v) is 1.86. The van der Waals surface area contributed by atoms with Crippen LogP contribution in [0, 0.1) is 0 Å². The fourth-order valence-electron chi connectivity index (χ4n) is 1.86. The molecule has 0 aliphatic carbocycles. The third kappa shape index (κ3) is 2.71. The topological polar surface area (TPSA) is 58.6 Å². The van der Waals surface area contributed by atoms with Gasteiger partial charge in [-0.15, -0.1) is 0 Å². The Morgan fingerprint density at radius 3 is 3.00 bits per heavy atom. The molecular weight excluding hydrogens is 230 g/mol. The minimum Gasteiger partial charge on any atom is -0.462 e. The summed E-state index contributed by atoms with van der Waals surface area (Å²) in [6, 6.07) is 7.36. The standard InChI is InChI=1S/C14H17NO3/c1-2-3-8-18-14(17)11-9-13(16)15-12-7-5-4-6-10(11)12/h4-7,9,13,15-16H,2-3,8H2,1H3/t13-/m1/s1. The van der Waals surface area contributed by atoms with Crippen LogP contribution in [0.1, 0.15) is 25.3 Å². The normalized spacial score (nSPS) is 17.4. The number of anilines is 1. The number of aliphatic hydroxyl groups is 1. The number of para-hydroxylation sites is 1. The number of rotatable bonds is 4. The molecule has 1 heterocycles. The maximum Gasteiger partial charge on any atom is 0.338 e. The van der Waals surface area contributed by atoms with E-state index in [9.17, 15) is 9.90 Å². The van der Waals surface area contributed by atoms with Crippen molar-refractivity contribution in [3.8, 4) is 0 Å². The highest BCUT2D eigenvalue weighted by atomic mass is 16.5. The van der Waals surface area contributed by atoms with Crippen molar-refractivity contribution in [1.82, 2.24) is 0 Å². The molecule has 18 heavy (non-hydrogen) atoms. The lowest BCUT2D eigenvalue weighted by Gasteiger charge is -2.22. The molecule has 0 aromatic heterocycles. The molecule has 0 bridgehead atoms. The number of fused-ring (bicyclic) bond motifs is 1. The van der Waals surface area contributed by atoms with Gasteiger partial charge in [-0.2, -0.15) is 0 Å². The molecule has 4 nitrogen and oxygen atoms in total. The summed E-state index contributed by atoms with van der Waals surface area (Å²) < 4.78 is 5.18. The van der Waals surface area contributed by atoms with Crippen LogP contribution < -0.4 is 5.32 Å². The lowest BCUT2D eigenvalue weighted by molar-refractivity contribution is -0.136. The molecule has 1 atom stereocenters. The number of ether oxygens (including phenoxy) is 1. The van der Waals surface area contributed by atoms with E-state index in [2.05, 4.69) is 5.32 Å². The summed E-state index contributed by atoms with van der Waals surface area (Å²) in [6.07, 6.45) is 2.46. The van der Waals surface area contributed by atoms with Gasteiger partial charge in [-0.25, -0.2) is 4.79 Å². The summed E-state index contributed by atoms with van der Waals surface area (Å²) in [4.78, 5) is 12.0. The Morgan fingerprint density at radius 2 is 2.22 bits per heavy atom. The van der Waals surface area contributed by atoms with Crippen LogP contribution in [0.4, 0.5) is 5.69 Å². The molecule has 0 saturated carbocycles. The summed E-state index contributed by atoms with van der Waals surface area (Å²) in [5.41, 5.74) is 1.94. The number of benzene rings is 1. The van der Waals surface area contributed by atoms with Gasteiger partial charge < -0.3 is 15.2 Å². The number of hydrogen-bond acceptors (Lipinski definition) is 4. The number of carbonyl (C=O) groups excluding carboxylic acids is 1. The SMILES string of the molecule is CCCCOC(=O)C1=C[C@@H](O)Nc2ccccc21. The van der Waals surface area contributed by atoms with Crippen LogP contribution in [-0.4, -0.2) is 23.9 Å². The van der Waals surface area contributed by atoms with Gasteiger partial charge in [-0.1, -0.05) is 31.5 Å². The zero-order chi connectivity index (χ0) is 13.0. The van der Waals surface area contributed by atoms with Gasteiger partial charge in [0.25, 0.3) is 0 Å². The molecule has 1 aromatic rings. The van der Waals surface area contributed by atoms with Crippen LogP contribution in [0.2, 0.25) is 0 Å². The van der Waals surface area contributed by atoms with Crippen molar-refractivity contribution in [2.75, 3.05) is 11.9 Å². The van der Waals surface area contributed by atoms with Gasteiger partial charge in [0.05, 0.1) is 12.2 Å². The molecule has 0 amide bonds. The number of carbonyl (C=O) groups is 1. The van der Waals surface area contributed by atoms with E-state index in [1.165, 1.54) is 6.08 Å². The number of esters is 1. The van der Waals surface area contributed by atoms with Gasteiger partial charge in [0.15, 0.2) is 0 Å². The van der Waals surface area contributed by atoms with E-state index < -0.39 is 6.23 Å². The smallest absolute Gasteiger partial charge is 0.338 e. The number of unbranched alkanes of at least 4 members (excludes halogenated alkanes) is 1. The first-order valence-electron chi connectivity index (χ1n) is 6.15. The average Bonchev–Trinajstić information content (AvgIpc) is 2.38. The van der Waals surface area contributed by atoms with E-state index in [0.717, 1.165) is 24.1 Å². The van der Waals surface area contributed by atoms with E-state index in [-0.39, 0.29) is 5.97 Å². The largest absolute Gasteiger partial charge is 0.462 e. The molecule has 0 radical (unpaired) electrons. The molecule has 0 spiro atoms. The first-order chi connectivity index (χ1) is 8.72. The minimum atomic E-state index is -0.853. The molecule has 2 rings (SSSR count). The molecule has 0 fully saturated rings. The Kier molecular flexibility index (Phi) is 3.99. The number of aliphatic hydroxyl groups excluding tert-OH is 1. The zero-order valence-corrected chi connectivity index (χ0v) is 10.3. The van der Waals surface area contributed by atoms with Crippen LogP contribution in [-0.2, 0) is 9.53 Å². The Labute approximate surface area is 106 Å². The lowest BCUT2D eigenvalue weighted by Crippen LogP contribution is -2.23. The monoisotopic (exact) mass is 247 g/mol. The summed E-state index contributed by atoms with van der Waals surface area (Å²) in [5.74, 6) is -0.378. The molecule has 1 aliphatic heterocycles. The molecule has 1 aliphatic rings. The zero-order valence-electron chi connectivity index (χ0n) is 10.3. The fraction of sp³-hybridized carbons (Fsp3) is 0.357. The Morgan fingerprint density at radius 1 is 1.44 bits per heavy atom. The van der Waals surface area contributed by atoms with Crippen LogP contribution in [0.5, 0.6) is 0 Å². The van der Waals surface area contributed by atoms with Crippen LogP contribution in [0.15, 0.2) is 30.3 Å². The van der Waals surface area contributed by atoms with Gasteiger partial charge in [-0.05, 0) is 18.6 Å². The maximum atomic E-state index is 12.0. The van der Waals surface area contributed by atoms with E-state index in [1.54, 1.807) is 0 Å². The summed E-state index contributed by atoms with van der Waals surface area (Å²) in [5, 5.41) is 12.5. The number of nitrogens with one attached hydrogen (secondary N) is 1. The second-order valence-electron chi connectivity index (χ2n) is 4.20. The Hall–Kier alpha value is -1.81. The van der Waals surface area contributed by atoms with Crippen molar-refractivity contribution < 1.29 is 14.6 Å². The van der Waals surface area contributed by atoms with Crippen molar-refractivity contribution in [1.29, 1.82) is 0 Å². The molecule has 4 heteroatoms. The van der Waals surface area contributed by atoms with Gasteiger partial charge in [0, 0.05) is 11.3 Å². The third-order valence-corrected chi connectivity index (χ3v) is 2.80. The molecule has 96 valence electrons. The third-order valence-electron chi connectivity index (χ3n) is 2.80. The van der Waals surface area contributed by atoms with Gasteiger partial charge in [-0.3, -0.25) is 0 Å². The van der Waals surface area contributed by atoms with Crippen LogP contribution >= 0.6 is 0 Å². The second-order valence-corrected chi connectivity index (χ2v) is 4.20. The highest BCUT2D eigenvalue weighted by molar-refractivity contribution is 6.18. The molecule has 2 N–H and O–H groups in total. The highest BCUT2D eigenvalue weighted by Crippen LogP contribution is 2.29. The molecule has 0 saturated heterocycles. The predicted octanol–water partition coefficient (Wildman–Crippen LogP) is 2.16. The maximum absolute atomic E-state index is 12.0. The second kappa shape index (κ2) is 5.69. The van der Waals surface area contributed by atoms with Crippen LogP contribution in [0.25, 0.3) is 5.57 Å². The Bertz CT molecular complexity index is 468. The van der Waals surface area contributed by atoms with E-state index >= 15 is 0 Å². The van der Waals surface area contributed by atoms with Crippen LogP contribution in [0.3, 0.4) is 0 Å². The van der Waals surface area contributed by atoms with Crippen molar-refractivity contribution in [3.05, 3.63) is 35.9 Å². The van der Waals surface area contributed by atoms with Crippen molar-refractivity contribution >= 4 is 17.2 Å². The molecule has 1 aromatic carbocycles. The quantitative estimate of drug-likeness (QED) is 0.632. The summed E-state index contributed by atoms with van der Waals surface area (Å²) >= 11 is 0. The summed E-state index contributed by atoms with van der Waals surface area (Å²) in [6.45, 7) is 2.45. The lowest BCUT2D eigenvalue weighted by atomic mass is 10.00. The van der Waals surface area contributed by atoms with Gasteiger partial charge in [0.2, 0.25) is 0 Å². The highest BCUT2D eigenvalue weighted by Gasteiger charge is 2.22. The summed E-state index contributed by atoms with van der Waals surface area (Å²) in [7, 11) is 0. The first kappa shape index (κ1) is 12.6. The Balaban J connectivity index is 2.18. The molecule has 0 unspecified atom stereocenters. The first-order valence-corrected chi connectivity index (χ1v) is 6.15. The number of hydrogen-bond donors (Lipinski definition) is 2. The van der Waals surface area contributed by atoms with E-state index in [0.29, 0.717) is 12.2 Å². The average molecular weight is 247 g/mol. The van der Waals surface area contributed by atoms with Crippen molar-refractivity contribution in [3.63, 3.8) is 0 Å². The van der Waals surface area contributed by atoms with Gasteiger partial charge in [0.1, 0.15) is 6.23 Å². The molecular formula is C14H17NO3. The van der Waals surface area contributed by atoms with Crippen molar-refractivity contribution in [2.45, 2.75) is 26.0 Å². The predicted molar refractivity (Wildman–Crippen MR) is 69.9 cm³/mol. The van der Waals surface area contributed by atoms with E-state index in [1.807, 2.05) is 31.2 Å².